The average molecular weight is 337 g/mol. The molecule has 3 rings (SSSR count). The Bertz CT molecular complexity index is 831. The van der Waals surface area contributed by atoms with E-state index in [0.29, 0.717) is 24.6 Å². The van der Waals surface area contributed by atoms with Crippen molar-refractivity contribution in [3.05, 3.63) is 66.1 Å². The number of benzene rings is 2. The van der Waals surface area contributed by atoms with Gasteiger partial charge in [-0.15, -0.1) is 10.2 Å². The van der Waals surface area contributed by atoms with Crippen molar-refractivity contribution in [2.75, 3.05) is 7.11 Å². The highest BCUT2D eigenvalue weighted by molar-refractivity contribution is 5.76. The molecule has 6 heteroatoms. The van der Waals surface area contributed by atoms with Crippen molar-refractivity contribution in [1.82, 2.24) is 15.5 Å². The smallest absolute Gasteiger partial charge is 0.247 e. The lowest BCUT2D eigenvalue weighted by Gasteiger charge is -2.07. The zero-order valence-electron chi connectivity index (χ0n) is 13.9. The third-order valence-corrected chi connectivity index (χ3v) is 3.74. The fourth-order valence-electron chi connectivity index (χ4n) is 2.44. The van der Waals surface area contributed by atoms with E-state index >= 15 is 0 Å². The number of carbonyl (C=O) groups is 1. The molecular weight excluding hydrogens is 318 g/mol. The van der Waals surface area contributed by atoms with Crippen molar-refractivity contribution < 1.29 is 13.9 Å². The Morgan fingerprint density at radius 2 is 1.84 bits per heavy atom. The van der Waals surface area contributed by atoms with Crippen LogP contribution in [0.4, 0.5) is 0 Å². The molecule has 0 saturated carbocycles. The predicted octanol–water partition coefficient (Wildman–Crippen LogP) is 2.99. The molecule has 0 bridgehead atoms. The van der Waals surface area contributed by atoms with Gasteiger partial charge in [-0.2, -0.15) is 0 Å². The Balaban J connectivity index is 1.50. The molecule has 2 aromatic carbocycles. The molecule has 0 aliphatic heterocycles. The molecule has 0 saturated heterocycles. The van der Waals surface area contributed by atoms with Gasteiger partial charge in [0.1, 0.15) is 5.75 Å². The number of para-hydroxylation sites is 1. The van der Waals surface area contributed by atoms with Crippen LogP contribution in [0.1, 0.15) is 17.9 Å². The molecule has 3 aromatic rings. The normalized spacial score (nSPS) is 10.4. The van der Waals surface area contributed by atoms with Crippen LogP contribution >= 0.6 is 0 Å². The van der Waals surface area contributed by atoms with E-state index in [-0.39, 0.29) is 12.5 Å². The van der Waals surface area contributed by atoms with Gasteiger partial charge in [-0.1, -0.05) is 36.4 Å². The van der Waals surface area contributed by atoms with Crippen LogP contribution in [0.25, 0.3) is 11.5 Å². The Labute approximate surface area is 145 Å². The van der Waals surface area contributed by atoms with E-state index in [9.17, 15) is 4.79 Å². The number of nitrogens with zero attached hydrogens (tertiary/aromatic N) is 2. The molecular formula is C19H19N3O3. The average Bonchev–Trinajstić information content (AvgIpc) is 3.14. The molecule has 1 heterocycles. The summed E-state index contributed by atoms with van der Waals surface area (Å²) in [4.78, 5) is 12.0. The van der Waals surface area contributed by atoms with E-state index in [0.717, 1.165) is 16.9 Å². The highest BCUT2D eigenvalue weighted by Gasteiger charge is 2.10. The summed E-state index contributed by atoms with van der Waals surface area (Å²) in [5.41, 5.74) is 1.85. The molecule has 0 aliphatic carbocycles. The molecule has 0 unspecified atom stereocenters. The first kappa shape index (κ1) is 16.7. The molecule has 25 heavy (non-hydrogen) atoms. The zero-order chi connectivity index (χ0) is 17.5. The number of hydrogen-bond donors (Lipinski definition) is 1. The number of ether oxygens (including phenoxy) is 1. The van der Waals surface area contributed by atoms with Crippen LogP contribution in [-0.4, -0.2) is 23.2 Å². The fourth-order valence-corrected chi connectivity index (χ4v) is 2.44. The Hall–Kier alpha value is -3.15. The first-order chi connectivity index (χ1) is 12.3. The minimum atomic E-state index is -0.0784. The lowest BCUT2D eigenvalue weighted by Crippen LogP contribution is -2.23. The van der Waals surface area contributed by atoms with E-state index in [1.807, 2.05) is 54.6 Å². The molecule has 6 nitrogen and oxygen atoms in total. The molecule has 0 spiro atoms. The molecule has 0 fully saturated rings. The summed E-state index contributed by atoms with van der Waals surface area (Å²) in [6.07, 6.45) is 0.967. The van der Waals surface area contributed by atoms with Crippen LogP contribution in [0, 0.1) is 0 Å². The number of rotatable bonds is 7. The van der Waals surface area contributed by atoms with Crippen molar-refractivity contribution in [2.45, 2.75) is 19.4 Å². The van der Waals surface area contributed by atoms with Gasteiger partial charge in [0.2, 0.25) is 17.7 Å². The Kier molecular flexibility index (Phi) is 5.41. The maximum absolute atomic E-state index is 12.0. The Morgan fingerprint density at radius 3 is 2.64 bits per heavy atom. The number of amides is 1. The number of methoxy groups -OCH3 is 1. The van der Waals surface area contributed by atoms with Crippen LogP contribution < -0.4 is 10.1 Å². The largest absolute Gasteiger partial charge is 0.496 e. The summed E-state index contributed by atoms with van der Waals surface area (Å²) in [5.74, 6) is 1.54. The van der Waals surface area contributed by atoms with E-state index in [1.165, 1.54) is 0 Å². The lowest BCUT2D eigenvalue weighted by molar-refractivity contribution is -0.121. The van der Waals surface area contributed by atoms with Gasteiger partial charge in [0.05, 0.1) is 13.7 Å². The highest BCUT2D eigenvalue weighted by Crippen LogP contribution is 2.19. The fraction of sp³-hybridized carbons (Fsp3) is 0.211. The quantitative estimate of drug-likeness (QED) is 0.717. The van der Waals surface area contributed by atoms with Gasteiger partial charge in [0, 0.05) is 12.0 Å². The lowest BCUT2D eigenvalue weighted by atomic mass is 10.1. The third-order valence-electron chi connectivity index (χ3n) is 3.74. The van der Waals surface area contributed by atoms with Gasteiger partial charge in [0.15, 0.2) is 0 Å². The monoisotopic (exact) mass is 337 g/mol. The van der Waals surface area contributed by atoms with Crippen molar-refractivity contribution in [2.24, 2.45) is 0 Å². The van der Waals surface area contributed by atoms with Crippen LogP contribution in [0.3, 0.4) is 0 Å². The molecule has 0 atom stereocenters. The van der Waals surface area contributed by atoms with Gasteiger partial charge in [0.25, 0.3) is 0 Å². The van der Waals surface area contributed by atoms with Crippen LogP contribution in [-0.2, 0) is 17.8 Å². The minimum absolute atomic E-state index is 0.0784. The van der Waals surface area contributed by atoms with E-state index < -0.39 is 0 Å². The van der Waals surface area contributed by atoms with Crippen molar-refractivity contribution in [1.29, 1.82) is 0 Å². The number of aryl methyl sites for hydroxylation is 1. The molecule has 1 amide bonds. The van der Waals surface area contributed by atoms with Crippen LogP contribution in [0.5, 0.6) is 5.75 Å². The predicted molar refractivity (Wildman–Crippen MR) is 92.9 cm³/mol. The summed E-state index contributed by atoms with van der Waals surface area (Å²) in [5, 5.41) is 10.8. The van der Waals surface area contributed by atoms with Crippen molar-refractivity contribution >= 4 is 5.91 Å². The Morgan fingerprint density at radius 1 is 1.08 bits per heavy atom. The summed E-state index contributed by atoms with van der Waals surface area (Å²) >= 11 is 0. The van der Waals surface area contributed by atoms with E-state index in [4.69, 9.17) is 9.15 Å². The van der Waals surface area contributed by atoms with Gasteiger partial charge >= 0.3 is 0 Å². The SMILES string of the molecule is COc1ccccc1CCC(=O)NCc1nnc(-c2ccccc2)o1. The van der Waals surface area contributed by atoms with Crippen LogP contribution in [0.2, 0.25) is 0 Å². The van der Waals surface area contributed by atoms with Crippen LogP contribution in [0.15, 0.2) is 59.0 Å². The van der Waals surface area contributed by atoms with Crippen molar-refractivity contribution in [3.8, 4) is 17.2 Å². The zero-order valence-corrected chi connectivity index (χ0v) is 13.9. The molecule has 0 radical (unpaired) electrons. The van der Waals surface area contributed by atoms with Gasteiger partial charge in [-0.05, 0) is 30.2 Å². The van der Waals surface area contributed by atoms with Crippen molar-refractivity contribution in [3.63, 3.8) is 0 Å². The molecule has 128 valence electrons. The summed E-state index contributed by atoms with van der Waals surface area (Å²) < 4.78 is 10.8. The number of aromatic nitrogens is 2. The second-order valence-electron chi connectivity index (χ2n) is 5.46. The highest BCUT2D eigenvalue weighted by atomic mass is 16.5. The van der Waals surface area contributed by atoms with Gasteiger partial charge in [-0.25, -0.2) is 0 Å². The van der Waals surface area contributed by atoms with Gasteiger partial charge in [-0.3, -0.25) is 4.79 Å². The molecule has 0 aliphatic rings. The minimum Gasteiger partial charge on any atom is -0.496 e. The molecule has 1 aromatic heterocycles. The maximum atomic E-state index is 12.0. The first-order valence-electron chi connectivity index (χ1n) is 8.02. The van der Waals surface area contributed by atoms with Gasteiger partial charge < -0.3 is 14.5 Å². The first-order valence-corrected chi connectivity index (χ1v) is 8.02. The number of hydrogen-bond acceptors (Lipinski definition) is 5. The standard InChI is InChI=1S/C19H19N3O3/c1-24-16-10-6-5-7-14(16)11-12-17(23)20-13-18-21-22-19(25-18)15-8-3-2-4-9-15/h2-10H,11-13H2,1H3,(H,20,23). The summed E-state index contributed by atoms with van der Waals surface area (Å²) in [6, 6.07) is 17.2. The maximum Gasteiger partial charge on any atom is 0.247 e. The topological polar surface area (TPSA) is 77.2 Å². The van der Waals surface area contributed by atoms with E-state index in [2.05, 4.69) is 15.5 Å². The summed E-state index contributed by atoms with van der Waals surface area (Å²) in [7, 11) is 1.62. The number of nitrogens with one attached hydrogen (secondary N) is 1. The second-order valence-corrected chi connectivity index (χ2v) is 5.46. The second kappa shape index (κ2) is 8.10. The third kappa shape index (κ3) is 4.44. The summed E-state index contributed by atoms with van der Waals surface area (Å²) in [6.45, 7) is 0.213. The van der Waals surface area contributed by atoms with E-state index in [1.54, 1.807) is 7.11 Å². The number of carbonyl (C=O) groups excluding carboxylic acids is 1. The molecule has 1 N–H and O–H groups in total.